The molecule has 0 bridgehead atoms. The molecule has 0 saturated heterocycles. The molecule has 214 valence electrons. The predicted molar refractivity (Wildman–Crippen MR) is 152 cm³/mol. The fourth-order valence-corrected chi connectivity index (χ4v) is 5.91. The van der Waals surface area contributed by atoms with E-state index in [0.717, 1.165) is 47.2 Å². The number of hydrogen-bond acceptors (Lipinski definition) is 6. The SMILES string of the molecule is CCOC(=O)C1(c2ccc(-c3ccc(-c4onc(C)c4C(O)CSCc4cccc(C(F)(F)F)c4)cc3)cc2)CC1. The second kappa shape index (κ2) is 11.7. The summed E-state index contributed by atoms with van der Waals surface area (Å²) in [6.07, 6.45) is -3.70. The Bertz CT molecular complexity index is 1510. The minimum absolute atomic E-state index is 0.161. The van der Waals surface area contributed by atoms with E-state index in [1.165, 1.54) is 17.8 Å². The van der Waals surface area contributed by atoms with E-state index in [0.29, 0.717) is 34.9 Å². The van der Waals surface area contributed by atoms with E-state index >= 15 is 0 Å². The molecule has 9 heteroatoms. The predicted octanol–water partition coefficient (Wildman–Crippen LogP) is 7.90. The average Bonchev–Trinajstić information content (AvgIpc) is 3.69. The third-order valence-electron chi connectivity index (χ3n) is 7.37. The Hall–Kier alpha value is -3.56. The van der Waals surface area contributed by atoms with Crippen LogP contribution in [0.15, 0.2) is 77.3 Å². The molecule has 1 aliphatic rings. The average molecular weight is 582 g/mol. The van der Waals surface area contributed by atoms with Crippen molar-refractivity contribution in [2.24, 2.45) is 0 Å². The maximum Gasteiger partial charge on any atom is 0.416 e. The number of nitrogens with zero attached hydrogens (tertiary/aromatic N) is 1. The van der Waals surface area contributed by atoms with Crippen molar-refractivity contribution in [3.63, 3.8) is 0 Å². The first-order valence-corrected chi connectivity index (χ1v) is 14.5. The normalized spacial score (nSPS) is 15.0. The molecule has 1 saturated carbocycles. The van der Waals surface area contributed by atoms with Gasteiger partial charge in [-0.2, -0.15) is 24.9 Å². The van der Waals surface area contributed by atoms with Gasteiger partial charge in [-0.25, -0.2) is 0 Å². The molecule has 3 aromatic carbocycles. The van der Waals surface area contributed by atoms with E-state index in [1.54, 1.807) is 13.0 Å². The van der Waals surface area contributed by atoms with E-state index in [1.807, 2.05) is 55.5 Å². The van der Waals surface area contributed by atoms with E-state index < -0.39 is 23.3 Å². The second-order valence-electron chi connectivity index (χ2n) is 10.2. The van der Waals surface area contributed by atoms with Crippen LogP contribution >= 0.6 is 11.8 Å². The number of ether oxygens (including phenoxy) is 1. The van der Waals surface area contributed by atoms with Crippen molar-refractivity contribution in [2.75, 3.05) is 12.4 Å². The summed E-state index contributed by atoms with van der Waals surface area (Å²) < 4.78 is 49.9. The van der Waals surface area contributed by atoms with Crippen molar-refractivity contribution in [3.05, 3.63) is 101 Å². The van der Waals surface area contributed by atoms with Crippen LogP contribution < -0.4 is 0 Å². The molecule has 4 aromatic rings. The molecule has 5 nitrogen and oxygen atoms in total. The number of aromatic nitrogens is 1. The standard InChI is InChI=1S/C32H30F3NO4S/c1-3-39-30(38)31(15-16-31)25-13-11-23(12-14-25)22-7-9-24(10-8-22)29-28(20(2)36-40-29)27(37)19-41-18-21-5-4-6-26(17-21)32(33,34)35/h4-14,17,27,37H,3,15-16,18-19H2,1-2H3. The number of aliphatic hydroxyl groups excluding tert-OH is 1. The summed E-state index contributed by atoms with van der Waals surface area (Å²) in [6.45, 7) is 3.93. The molecule has 0 amide bonds. The zero-order valence-corrected chi connectivity index (χ0v) is 23.5. The molecular formula is C32H30F3NO4S. The van der Waals surface area contributed by atoms with Gasteiger partial charge in [0.2, 0.25) is 0 Å². The van der Waals surface area contributed by atoms with Gasteiger partial charge in [-0.05, 0) is 55.0 Å². The highest BCUT2D eigenvalue weighted by atomic mass is 32.2. The highest BCUT2D eigenvalue weighted by Crippen LogP contribution is 2.49. The zero-order valence-electron chi connectivity index (χ0n) is 22.7. The lowest BCUT2D eigenvalue weighted by Crippen LogP contribution is -2.23. The summed E-state index contributed by atoms with van der Waals surface area (Å²) in [5, 5.41) is 15.0. The third-order valence-corrected chi connectivity index (χ3v) is 8.46. The minimum Gasteiger partial charge on any atom is -0.465 e. The minimum atomic E-state index is -4.39. The number of alkyl halides is 3. The molecule has 0 spiro atoms. The first-order valence-electron chi connectivity index (χ1n) is 13.4. The molecule has 1 atom stereocenters. The van der Waals surface area contributed by atoms with Gasteiger partial charge in [0.05, 0.1) is 34.9 Å². The second-order valence-corrected chi connectivity index (χ2v) is 11.2. The van der Waals surface area contributed by atoms with Crippen LogP contribution in [-0.2, 0) is 26.9 Å². The van der Waals surface area contributed by atoms with E-state index in [2.05, 4.69) is 5.16 Å². The summed E-state index contributed by atoms with van der Waals surface area (Å²) in [4.78, 5) is 12.4. The first-order chi connectivity index (χ1) is 19.6. The first kappa shape index (κ1) is 29.0. The van der Waals surface area contributed by atoms with Crippen LogP contribution in [0.5, 0.6) is 0 Å². The Morgan fingerprint density at radius 1 is 1.05 bits per heavy atom. The molecule has 1 unspecified atom stereocenters. The number of aryl methyl sites for hydroxylation is 1. The van der Waals surface area contributed by atoms with E-state index in [4.69, 9.17) is 9.26 Å². The van der Waals surface area contributed by atoms with Crippen molar-refractivity contribution in [2.45, 2.75) is 50.1 Å². The third kappa shape index (κ3) is 6.21. The highest BCUT2D eigenvalue weighted by Gasteiger charge is 2.52. The topological polar surface area (TPSA) is 72.6 Å². The van der Waals surface area contributed by atoms with Gasteiger partial charge in [0.15, 0.2) is 5.76 Å². The maximum atomic E-state index is 13.0. The van der Waals surface area contributed by atoms with Crippen LogP contribution in [0.2, 0.25) is 0 Å². The Labute approximate surface area is 240 Å². The number of hydrogen-bond donors (Lipinski definition) is 1. The van der Waals surface area contributed by atoms with Crippen molar-refractivity contribution in [3.8, 4) is 22.5 Å². The van der Waals surface area contributed by atoms with Crippen LogP contribution in [0.4, 0.5) is 13.2 Å². The summed E-state index contributed by atoms with van der Waals surface area (Å²) in [7, 11) is 0. The van der Waals surface area contributed by atoms with Crippen LogP contribution in [0.1, 0.15) is 53.8 Å². The molecule has 41 heavy (non-hydrogen) atoms. The number of thioether (sulfide) groups is 1. The molecule has 5 rings (SSSR count). The summed E-state index contributed by atoms with van der Waals surface area (Å²) in [5.74, 6) is 0.895. The van der Waals surface area contributed by atoms with Gasteiger partial charge >= 0.3 is 12.1 Å². The fourth-order valence-electron chi connectivity index (χ4n) is 4.99. The number of aliphatic hydroxyl groups is 1. The van der Waals surface area contributed by atoms with Crippen molar-refractivity contribution >= 4 is 17.7 Å². The van der Waals surface area contributed by atoms with Gasteiger partial charge in [0.1, 0.15) is 0 Å². The van der Waals surface area contributed by atoms with E-state index in [-0.39, 0.29) is 11.7 Å². The quantitative estimate of drug-likeness (QED) is 0.192. The van der Waals surface area contributed by atoms with Gasteiger partial charge in [0.25, 0.3) is 0 Å². The lowest BCUT2D eigenvalue weighted by atomic mass is 9.93. The van der Waals surface area contributed by atoms with Crippen molar-refractivity contribution in [1.82, 2.24) is 5.16 Å². The summed E-state index contributed by atoms with van der Waals surface area (Å²) in [6, 6.07) is 20.9. The fraction of sp³-hybridized carbons (Fsp3) is 0.312. The van der Waals surface area contributed by atoms with E-state index in [9.17, 15) is 23.1 Å². The zero-order chi connectivity index (χ0) is 29.2. The Kier molecular flexibility index (Phi) is 8.29. The largest absolute Gasteiger partial charge is 0.465 e. The molecule has 1 heterocycles. The molecular weight excluding hydrogens is 551 g/mol. The van der Waals surface area contributed by atoms with Gasteiger partial charge < -0.3 is 14.4 Å². The lowest BCUT2D eigenvalue weighted by Gasteiger charge is -2.15. The van der Waals surface area contributed by atoms with Crippen LogP contribution in [0.3, 0.4) is 0 Å². The molecule has 1 aromatic heterocycles. The summed E-state index contributed by atoms with van der Waals surface area (Å²) in [5.41, 5.74) is 4.17. The smallest absolute Gasteiger partial charge is 0.416 e. The van der Waals surface area contributed by atoms with Gasteiger partial charge in [-0.15, -0.1) is 0 Å². The molecule has 0 aliphatic heterocycles. The Balaban J connectivity index is 1.25. The molecule has 1 aliphatic carbocycles. The highest BCUT2D eigenvalue weighted by molar-refractivity contribution is 7.98. The summed E-state index contributed by atoms with van der Waals surface area (Å²) >= 11 is 1.34. The van der Waals surface area contributed by atoms with Gasteiger partial charge in [-0.1, -0.05) is 71.9 Å². The van der Waals surface area contributed by atoms with Crippen LogP contribution in [0.25, 0.3) is 22.5 Å². The van der Waals surface area contributed by atoms with Crippen LogP contribution in [-0.4, -0.2) is 28.6 Å². The van der Waals surface area contributed by atoms with Gasteiger partial charge in [0, 0.05) is 17.1 Å². The molecule has 1 fully saturated rings. The lowest BCUT2D eigenvalue weighted by molar-refractivity contribution is -0.146. The Morgan fingerprint density at radius 2 is 1.68 bits per heavy atom. The number of carbonyl (C=O) groups excluding carboxylic acids is 1. The van der Waals surface area contributed by atoms with Gasteiger partial charge in [-0.3, -0.25) is 4.79 Å². The molecule has 1 N–H and O–H groups in total. The number of benzene rings is 3. The maximum absolute atomic E-state index is 13.0. The number of carbonyl (C=O) groups is 1. The number of halogens is 3. The monoisotopic (exact) mass is 581 g/mol. The Morgan fingerprint density at radius 3 is 2.29 bits per heavy atom. The van der Waals surface area contributed by atoms with Crippen molar-refractivity contribution < 1.29 is 32.3 Å². The van der Waals surface area contributed by atoms with Crippen LogP contribution in [0, 0.1) is 6.92 Å². The number of esters is 1. The number of rotatable bonds is 10. The van der Waals surface area contributed by atoms with Crippen molar-refractivity contribution in [1.29, 1.82) is 0 Å². The molecule has 0 radical (unpaired) electrons.